The molecule has 0 saturated carbocycles. The van der Waals surface area contributed by atoms with Gasteiger partial charge in [0.05, 0.1) is 6.54 Å². The fourth-order valence-electron chi connectivity index (χ4n) is 2.88. The van der Waals surface area contributed by atoms with Crippen molar-refractivity contribution >= 4 is 11.7 Å². The van der Waals surface area contributed by atoms with Crippen molar-refractivity contribution in [1.82, 2.24) is 15.0 Å². The molecule has 8 nitrogen and oxygen atoms in total. The van der Waals surface area contributed by atoms with Crippen LogP contribution in [0, 0.1) is 0 Å². The first kappa shape index (κ1) is 10.4. The predicted octanol–water partition coefficient (Wildman–Crippen LogP) is -1.98. The van der Waals surface area contributed by atoms with Crippen molar-refractivity contribution in [3.63, 3.8) is 0 Å². The zero-order valence-electron chi connectivity index (χ0n) is 9.43. The van der Waals surface area contributed by atoms with E-state index in [1.54, 1.807) is 4.68 Å². The van der Waals surface area contributed by atoms with Crippen molar-refractivity contribution in [2.45, 2.75) is 43.9 Å². The average molecular weight is 252 g/mol. The lowest BCUT2D eigenvalue weighted by Gasteiger charge is -2.32. The van der Waals surface area contributed by atoms with Crippen LogP contribution in [0.1, 0.15) is 12.1 Å². The molecule has 0 aliphatic carbocycles. The van der Waals surface area contributed by atoms with E-state index >= 15 is 0 Å². The Bertz CT molecular complexity index is 530. The van der Waals surface area contributed by atoms with Gasteiger partial charge in [0.25, 0.3) is 0 Å². The Morgan fingerprint density at radius 1 is 1.28 bits per heavy atom. The van der Waals surface area contributed by atoms with E-state index in [9.17, 15) is 15.0 Å². The average Bonchev–Trinajstić information content (AvgIpc) is 2.80. The van der Waals surface area contributed by atoms with Gasteiger partial charge in [0, 0.05) is 12.8 Å². The zero-order chi connectivity index (χ0) is 12.4. The van der Waals surface area contributed by atoms with E-state index in [0.717, 1.165) is 5.69 Å². The number of hydrogen-bond donors (Lipinski definition) is 2. The van der Waals surface area contributed by atoms with Gasteiger partial charge in [-0.3, -0.25) is 9.69 Å². The van der Waals surface area contributed by atoms with Crippen LogP contribution in [0.4, 0.5) is 5.82 Å². The molecule has 0 spiro atoms. The minimum absolute atomic E-state index is 0.134. The maximum absolute atomic E-state index is 12.0. The fourth-order valence-corrected chi connectivity index (χ4v) is 2.88. The van der Waals surface area contributed by atoms with Crippen molar-refractivity contribution in [2.24, 2.45) is 0 Å². The van der Waals surface area contributed by atoms with Gasteiger partial charge in [0.1, 0.15) is 24.0 Å². The van der Waals surface area contributed by atoms with Gasteiger partial charge < -0.3 is 14.9 Å². The predicted molar refractivity (Wildman–Crippen MR) is 56.5 cm³/mol. The Morgan fingerprint density at radius 2 is 2.11 bits per heavy atom. The molecule has 0 aromatic carbocycles. The fraction of sp³-hybridized carbons (Fsp3) is 0.700. The number of aliphatic hydroxyl groups is 2. The van der Waals surface area contributed by atoms with Crippen LogP contribution in [0.5, 0.6) is 0 Å². The summed E-state index contributed by atoms with van der Waals surface area (Å²) in [6.07, 6.45) is -2.62. The van der Waals surface area contributed by atoms with E-state index < -0.39 is 24.5 Å². The van der Waals surface area contributed by atoms with Crippen molar-refractivity contribution in [3.8, 4) is 0 Å². The maximum Gasteiger partial charge on any atom is 0.230 e. The number of rotatable bonds is 0. The third kappa shape index (κ3) is 1.12. The van der Waals surface area contributed by atoms with E-state index in [-0.39, 0.29) is 5.91 Å². The first-order chi connectivity index (χ1) is 8.66. The molecule has 18 heavy (non-hydrogen) atoms. The van der Waals surface area contributed by atoms with Crippen LogP contribution in [0.15, 0.2) is 0 Å². The number of carbonyl (C=O) groups excluding carboxylic acids is 1. The van der Waals surface area contributed by atoms with Gasteiger partial charge in [0.2, 0.25) is 5.91 Å². The molecule has 3 unspecified atom stereocenters. The third-order valence-corrected chi connectivity index (χ3v) is 3.79. The molecule has 3 aliphatic rings. The highest BCUT2D eigenvalue weighted by Crippen LogP contribution is 2.37. The van der Waals surface area contributed by atoms with Gasteiger partial charge in [0.15, 0.2) is 12.0 Å². The summed E-state index contributed by atoms with van der Waals surface area (Å²) in [6.45, 7) is 0.292. The van der Waals surface area contributed by atoms with Crippen molar-refractivity contribution in [1.29, 1.82) is 0 Å². The largest absolute Gasteiger partial charge is 0.387 e. The molecule has 2 bridgehead atoms. The van der Waals surface area contributed by atoms with Crippen LogP contribution in [0.25, 0.3) is 0 Å². The minimum atomic E-state index is -1.09. The normalized spacial score (nSPS) is 37.7. The SMILES string of the molecule is O=C1CCc2nnn3c2N1C1OC(C3)[C@@H](O)C1O. The number of aromatic nitrogens is 3. The summed E-state index contributed by atoms with van der Waals surface area (Å²) < 4.78 is 7.14. The molecule has 3 aliphatic heterocycles. The van der Waals surface area contributed by atoms with Gasteiger partial charge in [-0.25, -0.2) is 4.68 Å². The molecular weight excluding hydrogens is 240 g/mol. The Balaban J connectivity index is 1.90. The number of hydrogen-bond acceptors (Lipinski definition) is 6. The van der Waals surface area contributed by atoms with Gasteiger partial charge in [-0.05, 0) is 0 Å². The lowest BCUT2D eigenvalue weighted by Crippen LogP contribution is -2.50. The van der Waals surface area contributed by atoms with Crippen LogP contribution in [0.2, 0.25) is 0 Å². The molecule has 1 amide bonds. The molecule has 8 heteroatoms. The molecule has 4 rings (SSSR count). The maximum atomic E-state index is 12.0. The summed E-state index contributed by atoms with van der Waals surface area (Å²) in [5.41, 5.74) is 0.743. The van der Waals surface area contributed by atoms with Gasteiger partial charge in [-0.1, -0.05) is 5.21 Å². The quantitative estimate of drug-likeness (QED) is 0.555. The first-order valence-corrected chi connectivity index (χ1v) is 5.93. The second-order valence-corrected chi connectivity index (χ2v) is 4.85. The number of carbonyl (C=O) groups is 1. The Hall–Kier alpha value is -1.51. The van der Waals surface area contributed by atoms with Crippen molar-refractivity contribution in [2.75, 3.05) is 4.90 Å². The number of amides is 1. The van der Waals surface area contributed by atoms with E-state index in [1.165, 1.54) is 4.90 Å². The molecule has 2 N–H and O–H groups in total. The minimum Gasteiger partial charge on any atom is -0.387 e. The highest BCUT2D eigenvalue weighted by Gasteiger charge is 2.52. The van der Waals surface area contributed by atoms with Crippen LogP contribution >= 0.6 is 0 Å². The van der Waals surface area contributed by atoms with Crippen LogP contribution in [-0.2, 0) is 22.5 Å². The monoisotopic (exact) mass is 252 g/mol. The molecule has 1 saturated heterocycles. The van der Waals surface area contributed by atoms with Crippen LogP contribution in [-0.4, -0.2) is 55.7 Å². The van der Waals surface area contributed by atoms with E-state index in [4.69, 9.17) is 4.74 Å². The molecular formula is C10H12N4O4. The van der Waals surface area contributed by atoms with E-state index in [1.807, 2.05) is 0 Å². The van der Waals surface area contributed by atoms with Crippen molar-refractivity contribution in [3.05, 3.63) is 5.69 Å². The van der Waals surface area contributed by atoms with Gasteiger partial charge >= 0.3 is 0 Å². The highest BCUT2D eigenvalue weighted by atomic mass is 16.6. The standard InChI is InChI=1S/C10H12N4O4/c15-6-2-1-4-9-13(12-11-4)3-5-7(16)8(17)10(18-5)14(6)9/h5,7-8,10,16-17H,1-3H2/t5?,7-,8?,10?/m1/s1. The zero-order valence-corrected chi connectivity index (χ0v) is 9.43. The molecule has 0 radical (unpaired) electrons. The number of fused-ring (bicyclic) bond motifs is 3. The summed E-state index contributed by atoms with van der Waals surface area (Å²) in [7, 11) is 0. The van der Waals surface area contributed by atoms with E-state index in [0.29, 0.717) is 25.2 Å². The lowest BCUT2D eigenvalue weighted by molar-refractivity contribution is -0.122. The van der Waals surface area contributed by atoms with E-state index in [2.05, 4.69) is 10.3 Å². The summed E-state index contributed by atoms with van der Waals surface area (Å²) >= 11 is 0. The second-order valence-electron chi connectivity index (χ2n) is 4.85. The number of anilines is 1. The molecule has 1 aromatic heterocycles. The third-order valence-electron chi connectivity index (χ3n) is 3.79. The summed E-state index contributed by atoms with van der Waals surface area (Å²) in [4.78, 5) is 13.4. The molecule has 1 fully saturated rings. The van der Waals surface area contributed by atoms with Crippen LogP contribution in [0.3, 0.4) is 0 Å². The second kappa shape index (κ2) is 3.28. The number of nitrogens with zero attached hydrogens (tertiary/aromatic N) is 4. The molecule has 96 valence electrons. The Morgan fingerprint density at radius 3 is 2.94 bits per heavy atom. The summed E-state index contributed by atoms with van der Waals surface area (Å²) in [6, 6.07) is 0. The Kier molecular flexibility index (Phi) is 1.90. The molecule has 1 aromatic rings. The highest BCUT2D eigenvalue weighted by molar-refractivity contribution is 5.95. The van der Waals surface area contributed by atoms with Gasteiger partial charge in [-0.15, -0.1) is 5.10 Å². The van der Waals surface area contributed by atoms with Gasteiger partial charge in [-0.2, -0.15) is 0 Å². The Labute approximate surface area is 102 Å². The molecule has 4 atom stereocenters. The summed E-state index contributed by atoms with van der Waals surface area (Å²) in [5, 5.41) is 27.9. The first-order valence-electron chi connectivity index (χ1n) is 5.93. The van der Waals surface area contributed by atoms with Crippen LogP contribution < -0.4 is 4.90 Å². The lowest BCUT2D eigenvalue weighted by atomic mass is 10.1. The number of aryl methyl sites for hydroxylation is 1. The van der Waals surface area contributed by atoms with Crippen molar-refractivity contribution < 1.29 is 19.7 Å². The number of aliphatic hydroxyl groups excluding tert-OH is 2. The smallest absolute Gasteiger partial charge is 0.230 e. The number of ether oxygens (including phenoxy) is 1. The topological polar surface area (TPSA) is 101 Å². The summed E-state index contributed by atoms with van der Waals surface area (Å²) in [5.74, 6) is 0.467. The molecule has 4 heterocycles.